The molecule has 1 nitrogen and oxygen atoms in total. The quantitative estimate of drug-likeness (QED) is 0.732. The average molecular weight is 263 g/mol. The van der Waals surface area contributed by atoms with Gasteiger partial charge in [-0.3, -0.25) is 4.90 Å². The Balaban J connectivity index is 1.99. The van der Waals surface area contributed by atoms with Gasteiger partial charge < -0.3 is 0 Å². The molecule has 0 aromatic heterocycles. The van der Waals surface area contributed by atoms with Crippen molar-refractivity contribution in [1.29, 1.82) is 0 Å². The van der Waals surface area contributed by atoms with Crippen molar-refractivity contribution in [1.82, 2.24) is 4.90 Å². The Labute approximate surface area is 117 Å². The molecular weight excluding hydrogens is 238 g/mol. The zero-order chi connectivity index (χ0) is 13.0. The molecule has 1 saturated carbocycles. The van der Waals surface area contributed by atoms with E-state index >= 15 is 0 Å². The smallest absolute Gasteiger partial charge is 0.00967 e. The van der Waals surface area contributed by atoms with Crippen LogP contribution in [0.25, 0.3) is 0 Å². The summed E-state index contributed by atoms with van der Waals surface area (Å²) in [4.78, 5) is 2.68. The van der Waals surface area contributed by atoms with Gasteiger partial charge in [0, 0.05) is 25.0 Å². The van der Waals surface area contributed by atoms with Crippen LogP contribution in [-0.4, -0.2) is 29.8 Å². The predicted molar refractivity (Wildman–Crippen MR) is 82.5 cm³/mol. The molecule has 1 aliphatic rings. The minimum atomic E-state index is 0.564. The molecule has 0 bridgehead atoms. The number of hydrogen-bond donors (Lipinski definition) is 1. The zero-order valence-electron chi connectivity index (χ0n) is 11.5. The van der Waals surface area contributed by atoms with Gasteiger partial charge in [-0.15, -0.1) is 0 Å². The third-order valence-electron chi connectivity index (χ3n) is 3.61. The number of thiol groups is 1. The van der Waals surface area contributed by atoms with Crippen molar-refractivity contribution in [2.75, 3.05) is 18.8 Å². The standard InChI is InChI=1S/C16H25NS/c1-13(2)10-17(16-8-9-16)11-15(12-18)14-6-4-3-5-7-14/h3-7,13,15-16,18H,8-12H2,1-2H3. The summed E-state index contributed by atoms with van der Waals surface area (Å²) >= 11 is 4.55. The van der Waals surface area contributed by atoms with Crippen molar-refractivity contribution in [3.63, 3.8) is 0 Å². The van der Waals surface area contributed by atoms with Gasteiger partial charge >= 0.3 is 0 Å². The average Bonchev–Trinajstić information content (AvgIpc) is 3.19. The highest BCUT2D eigenvalue weighted by molar-refractivity contribution is 7.80. The monoisotopic (exact) mass is 263 g/mol. The van der Waals surface area contributed by atoms with Gasteiger partial charge in [-0.2, -0.15) is 12.6 Å². The first-order chi connectivity index (χ1) is 8.70. The van der Waals surface area contributed by atoms with Gasteiger partial charge in [0.05, 0.1) is 0 Å². The molecule has 100 valence electrons. The number of benzene rings is 1. The molecule has 1 atom stereocenters. The summed E-state index contributed by atoms with van der Waals surface area (Å²) in [7, 11) is 0. The fourth-order valence-electron chi connectivity index (χ4n) is 2.56. The van der Waals surface area contributed by atoms with Gasteiger partial charge in [-0.25, -0.2) is 0 Å². The summed E-state index contributed by atoms with van der Waals surface area (Å²) in [5.41, 5.74) is 1.43. The van der Waals surface area contributed by atoms with Crippen molar-refractivity contribution in [2.45, 2.75) is 38.6 Å². The Hall–Kier alpha value is -0.470. The first-order valence-corrected chi connectivity index (χ1v) is 7.73. The molecule has 0 aliphatic heterocycles. The van der Waals surface area contributed by atoms with Crippen molar-refractivity contribution < 1.29 is 0 Å². The highest BCUT2D eigenvalue weighted by atomic mass is 32.1. The Morgan fingerprint density at radius 2 is 1.83 bits per heavy atom. The normalized spacial score (nSPS) is 17.4. The Bertz CT molecular complexity index is 345. The minimum Gasteiger partial charge on any atom is -0.299 e. The van der Waals surface area contributed by atoms with E-state index in [-0.39, 0.29) is 0 Å². The molecule has 0 heterocycles. The maximum atomic E-state index is 4.55. The van der Waals surface area contributed by atoms with Crippen LogP contribution in [0.4, 0.5) is 0 Å². The lowest BCUT2D eigenvalue weighted by Gasteiger charge is -2.28. The summed E-state index contributed by atoms with van der Waals surface area (Å²) in [6.07, 6.45) is 2.78. The van der Waals surface area contributed by atoms with Crippen molar-refractivity contribution in [3.05, 3.63) is 35.9 Å². The molecule has 1 unspecified atom stereocenters. The predicted octanol–water partition coefficient (Wildman–Crippen LogP) is 3.82. The summed E-state index contributed by atoms with van der Waals surface area (Å²) < 4.78 is 0. The molecule has 0 N–H and O–H groups in total. The van der Waals surface area contributed by atoms with Crippen LogP contribution in [0, 0.1) is 5.92 Å². The highest BCUT2D eigenvalue weighted by Gasteiger charge is 2.30. The van der Waals surface area contributed by atoms with E-state index in [0.29, 0.717) is 5.92 Å². The van der Waals surface area contributed by atoms with Crippen LogP contribution in [0.3, 0.4) is 0 Å². The van der Waals surface area contributed by atoms with E-state index in [0.717, 1.165) is 24.3 Å². The summed E-state index contributed by atoms with van der Waals surface area (Å²) in [5, 5.41) is 0. The van der Waals surface area contributed by atoms with Gasteiger partial charge in [0.2, 0.25) is 0 Å². The summed E-state index contributed by atoms with van der Waals surface area (Å²) in [6, 6.07) is 11.7. The molecule has 0 radical (unpaired) electrons. The lowest BCUT2D eigenvalue weighted by atomic mass is 10.00. The van der Waals surface area contributed by atoms with Crippen LogP contribution in [0.15, 0.2) is 30.3 Å². The van der Waals surface area contributed by atoms with E-state index in [4.69, 9.17) is 0 Å². The van der Waals surface area contributed by atoms with E-state index in [1.807, 2.05) is 0 Å². The molecule has 1 aliphatic carbocycles. The molecule has 18 heavy (non-hydrogen) atoms. The minimum absolute atomic E-state index is 0.564. The van der Waals surface area contributed by atoms with Gasteiger partial charge in [0.15, 0.2) is 0 Å². The molecule has 0 saturated heterocycles. The number of hydrogen-bond acceptors (Lipinski definition) is 2. The molecule has 1 aromatic carbocycles. The Morgan fingerprint density at radius 3 is 2.33 bits per heavy atom. The largest absolute Gasteiger partial charge is 0.299 e. The van der Waals surface area contributed by atoms with E-state index in [1.54, 1.807) is 0 Å². The first-order valence-electron chi connectivity index (χ1n) is 7.10. The summed E-state index contributed by atoms with van der Waals surface area (Å²) in [6.45, 7) is 7.01. The lowest BCUT2D eigenvalue weighted by Crippen LogP contribution is -2.34. The lowest BCUT2D eigenvalue weighted by molar-refractivity contribution is 0.225. The third kappa shape index (κ3) is 4.03. The van der Waals surface area contributed by atoms with Crippen molar-refractivity contribution >= 4 is 12.6 Å². The molecule has 1 aromatic rings. The molecule has 0 amide bonds. The van der Waals surface area contributed by atoms with Gasteiger partial charge in [-0.1, -0.05) is 44.2 Å². The third-order valence-corrected chi connectivity index (χ3v) is 4.05. The van der Waals surface area contributed by atoms with Crippen molar-refractivity contribution in [2.24, 2.45) is 5.92 Å². The second-order valence-corrected chi connectivity index (χ2v) is 6.23. The van der Waals surface area contributed by atoms with Crippen molar-refractivity contribution in [3.8, 4) is 0 Å². The van der Waals surface area contributed by atoms with Crippen LogP contribution < -0.4 is 0 Å². The van der Waals surface area contributed by atoms with Crippen LogP contribution in [0.5, 0.6) is 0 Å². The van der Waals surface area contributed by atoms with E-state index in [1.165, 1.54) is 24.9 Å². The topological polar surface area (TPSA) is 3.24 Å². The highest BCUT2D eigenvalue weighted by Crippen LogP contribution is 2.30. The van der Waals surface area contributed by atoms with Crippen LogP contribution in [-0.2, 0) is 0 Å². The van der Waals surface area contributed by atoms with E-state index in [2.05, 4.69) is 61.7 Å². The van der Waals surface area contributed by atoms with E-state index in [9.17, 15) is 0 Å². The number of nitrogens with zero attached hydrogens (tertiary/aromatic N) is 1. The Morgan fingerprint density at radius 1 is 1.17 bits per heavy atom. The number of rotatable bonds is 7. The fraction of sp³-hybridized carbons (Fsp3) is 0.625. The maximum absolute atomic E-state index is 4.55. The second-order valence-electron chi connectivity index (χ2n) is 5.87. The molecular formula is C16H25NS. The second kappa shape index (κ2) is 6.63. The van der Waals surface area contributed by atoms with Gasteiger partial charge in [-0.05, 0) is 30.1 Å². The maximum Gasteiger partial charge on any atom is 0.00967 e. The summed E-state index contributed by atoms with van der Waals surface area (Å²) in [5.74, 6) is 2.25. The van der Waals surface area contributed by atoms with Gasteiger partial charge in [0.25, 0.3) is 0 Å². The van der Waals surface area contributed by atoms with Crippen LogP contribution in [0.2, 0.25) is 0 Å². The first kappa shape index (κ1) is 14.0. The van der Waals surface area contributed by atoms with Gasteiger partial charge in [0.1, 0.15) is 0 Å². The molecule has 2 heteroatoms. The molecule has 0 spiro atoms. The molecule has 1 fully saturated rings. The Kier molecular flexibility index (Phi) is 5.13. The van der Waals surface area contributed by atoms with E-state index < -0.39 is 0 Å². The molecule has 2 rings (SSSR count). The van der Waals surface area contributed by atoms with Crippen LogP contribution >= 0.6 is 12.6 Å². The zero-order valence-corrected chi connectivity index (χ0v) is 12.4. The van der Waals surface area contributed by atoms with Crippen LogP contribution in [0.1, 0.15) is 38.2 Å². The SMILES string of the molecule is CC(C)CN(CC(CS)c1ccccc1)C1CC1. The fourth-order valence-corrected chi connectivity index (χ4v) is 2.88.